The normalized spacial score (nSPS) is 32.8. The Hall–Kier alpha value is -3.03. The molecule has 1 aromatic heterocycles. The molecule has 3 fully saturated rings. The van der Waals surface area contributed by atoms with Gasteiger partial charge in [0, 0.05) is 29.7 Å². The van der Waals surface area contributed by atoms with E-state index in [9.17, 15) is 15.0 Å². The van der Waals surface area contributed by atoms with Crippen LogP contribution >= 0.6 is 0 Å². The van der Waals surface area contributed by atoms with Gasteiger partial charge in [0.2, 0.25) is 0 Å². The lowest BCUT2D eigenvalue weighted by molar-refractivity contribution is -0.191. The number of H-pyrrole nitrogens is 1. The van der Waals surface area contributed by atoms with Gasteiger partial charge in [0.15, 0.2) is 11.5 Å². The number of benzene rings is 2. The number of fused-ring (bicyclic) bond motifs is 1. The standard InChI is InChI=1S/C32H37N3O4/c1-17(2)22-15-33-27-20(22)4-3-5-21(27)30(37)34-23-10-11-32(38)25-14-19-8-9-24(36)28-26(19)31(32,29(23)39-28)12-13-35(25)16-18-6-7-18/h3-5,8-9,15,17-18,23,25,29,33,36,38H,6-7,10-14,16H2,1-2H3,(H,34,37)/t23-,25-,29+,31+,32-/m1/s1. The third kappa shape index (κ3) is 3.09. The first-order valence-electron chi connectivity index (χ1n) is 14.7. The molecule has 0 radical (unpaired) electrons. The van der Waals surface area contributed by atoms with Crippen molar-refractivity contribution in [2.24, 2.45) is 5.92 Å². The summed E-state index contributed by atoms with van der Waals surface area (Å²) in [6.45, 7) is 6.26. The molecule has 7 heteroatoms. The Kier molecular flexibility index (Phi) is 4.89. The predicted molar refractivity (Wildman–Crippen MR) is 148 cm³/mol. The van der Waals surface area contributed by atoms with E-state index in [1.165, 1.54) is 24.0 Å². The Bertz CT molecular complexity index is 1510. The van der Waals surface area contributed by atoms with Crippen molar-refractivity contribution in [1.82, 2.24) is 15.2 Å². The first-order valence-corrected chi connectivity index (χ1v) is 14.7. The third-order valence-corrected chi connectivity index (χ3v) is 10.7. The van der Waals surface area contributed by atoms with E-state index in [0.29, 0.717) is 30.1 Å². The Labute approximate surface area is 228 Å². The molecule has 1 spiro atoms. The van der Waals surface area contributed by atoms with Crippen molar-refractivity contribution in [3.05, 3.63) is 58.8 Å². The lowest BCUT2D eigenvalue weighted by Crippen LogP contribution is -2.78. The molecule has 3 aromatic rings. The zero-order chi connectivity index (χ0) is 26.7. The molecule has 2 aliphatic heterocycles. The average Bonchev–Trinajstić information content (AvgIpc) is 3.49. The van der Waals surface area contributed by atoms with E-state index in [1.807, 2.05) is 24.4 Å². The van der Waals surface area contributed by atoms with E-state index in [1.54, 1.807) is 6.07 Å². The minimum Gasteiger partial charge on any atom is -0.504 e. The smallest absolute Gasteiger partial charge is 0.253 e. The minimum atomic E-state index is -0.955. The second-order valence-electron chi connectivity index (χ2n) is 13.0. The zero-order valence-corrected chi connectivity index (χ0v) is 22.7. The summed E-state index contributed by atoms with van der Waals surface area (Å²) in [5, 5.41) is 27.9. The summed E-state index contributed by atoms with van der Waals surface area (Å²) in [5.41, 5.74) is 3.24. The van der Waals surface area contributed by atoms with E-state index in [4.69, 9.17) is 4.74 Å². The van der Waals surface area contributed by atoms with Gasteiger partial charge in [-0.2, -0.15) is 0 Å². The number of piperidine rings is 1. The van der Waals surface area contributed by atoms with Gasteiger partial charge >= 0.3 is 0 Å². The fraction of sp³-hybridized carbons (Fsp3) is 0.531. The number of aliphatic hydroxyl groups is 1. The number of carbonyl (C=O) groups excluding carboxylic acids is 1. The molecule has 2 bridgehead atoms. The molecule has 7 nitrogen and oxygen atoms in total. The largest absolute Gasteiger partial charge is 0.504 e. The van der Waals surface area contributed by atoms with Crippen LogP contribution in [-0.2, 0) is 11.8 Å². The first-order chi connectivity index (χ1) is 18.8. The average molecular weight is 528 g/mol. The van der Waals surface area contributed by atoms with E-state index in [0.717, 1.165) is 48.3 Å². The molecule has 4 N–H and O–H groups in total. The van der Waals surface area contributed by atoms with Crippen LogP contribution in [0.5, 0.6) is 11.5 Å². The van der Waals surface area contributed by atoms with Crippen molar-refractivity contribution < 1.29 is 19.7 Å². The fourth-order valence-electron chi connectivity index (χ4n) is 8.72. The summed E-state index contributed by atoms with van der Waals surface area (Å²) in [6.07, 6.45) is 6.91. The molecule has 1 amide bonds. The second kappa shape index (κ2) is 8.01. The van der Waals surface area contributed by atoms with Crippen molar-refractivity contribution in [1.29, 1.82) is 0 Å². The number of nitrogens with one attached hydrogen (secondary N) is 2. The summed E-state index contributed by atoms with van der Waals surface area (Å²) in [7, 11) is 0. The molecule has 8 rings (SSSR count). The van der Waals surface area contributed by atoms with Gasteiger partial charge in [-0.25, -0.2) is 0 Å². The highest BCUT2D eigenvalue weighted by molar-refractivity contribution is 6.06. The van der Waals surface area contributed by atoms with Crippen molar-refractivity contribution in [2.45, 2.75) is 87.5 Å². The molecule has 2 aromatic carbocycles. The number of carbonyl (C=O) groups is 1. The highest BCUT2D eigenvalue weighted by Crippen LogP contribution is 2.65. The number of likely N-dealkylation sites (tertiary alicyclic amines) is 1. The molecular formula is C32H37N3O4. The van der Waals surface area contributed by atoms with Crippen molar-refractivity contribution in [2.75, 3.05) is 13.1 Å². The molecule has 0 unspecified atom stereocenters. The number of amides is 1. The summed E-state index contributed by atoms with van der Waals surface area (Å²) in [5.74, 6) is 1.61. The highest BCUT2D eigenvalue weighted by atomic mass is 16.5. The van der Waals surface area contributed by atoms with Gasteiger partial charge in [0.1, 0.15) is 6.10 Å². The second-order valence-corrected chi connectivity index (χ2v) is 13.0. The van der Waals surface area contributed by atoms with Crippen LogP contribution in [0.15, 0.2) is 36.5 Å². The quantitative estimate of drug-likeness (QED) is 0.395. The van der Waals surface area contributed by atoms with Gasteiger partial charge in [0.05, 0.1) is 28.1 Å². The van der Waals surface area contributed by atoms with Crippen LogP contribution in [0.1, 0.15) is 78.9 Å². The molecule has 204 valence electrons. The Balaban J connectivity index is 1.18. The highest BCUT2D eigenvalue weighted by Gasteiger charge is 2.73. The van der Waals surface area contributed by atoms with Crippen molar-refractivity contribution >= 4 is 16.8 Å². The van der Waals surface area contributed by atoms with Gasteiger partial charge < -0.3 is 25.3 Å². The number of hydrogen-bond acceptors (Lipinski definition) is 5. The number of hydrogen-bond donors (Lipinski definition) is 4. The topological polar surface area (TPSA) is 97.8 Å². The van der Waals surface area contributed by atoms with Crippen molar-refractivity contribution in [3.8, 4) is 11.5 Å². The van der Waals surface area contributed by atoms with Gasteiger partial charge in [-0.05, 0) is 80.2 Å². The van der Waals surface area contributed by atoms with Crippen LogP contribution in [0, 0.1) is 5.92 Å². The van der Waals surface area contributed by atoms with Crippen LogP contribution in [-0.4, -0.2) is 62.9 Å². The van der Waals surface area contributed by atoms with E-state index >= 15 is 0 Å². The number of nitrogens with zero attached hydrogens (tertiary/aromatic N) is 1. The fourth-order valence-corrected chi connectivity index (χ4v) is 8.72. The van der Waals surface area contributed by atoms with Crippen LogP contribution in [0.3, 0.4) is 0 Å². The van der Waals surface area contributed by atoms with Gasteiger partial charge in [-0.1, -0.05) is 32.0 Å². The molecule has 5 aliphatic rings. The number of phenols is 1. The first kappa shape index (κ1) is 23.8. The maximum Gasteiger partial charge on any atom is 0.253 e. The molecule has 2 saturated carbocycles. The van der Waals surface area contributed by atoms with Crippen LogP contribution in [0.2, 0.25) is 0 Å². The Morgan fingerprint density at radius 1 is 1.21 bits per heavy atom. The van der Waals surface area contributed by atoms with Gasteiger partial charge in [-0.15, -0.1) is 0 Å². The molecule has 3 aliphatic carbocycles. The minimum absolute atomic E-state index is 0.0275. The van der Waals surface area contributed by atoms with Gasteiger partial charge in [-0.3, -0.25) is 9.69 Å². The lowest BCUT2D eigenvalue weighted by Gasteiger charge is -2.64. The predicted octanol–water partition coefficient (Wildman–Crippen LogP) is 4.36. The van der Waals surface area contributed by atoms with Crippen LogP contribution in [0.4, 0.5) is 0 Å². The molecular weight excluding hydrogens is 490 g/mol. The Morgan fingerprint density at radius 3 is 2.85 bits per heavy atom. The summed E-state index contributed by atoms with van der Waals surface area (Å²) in [4.78, 5) is 19.7. The third-order valence-electron chi connectivity index (χ3n) is 10.7. The molecule has 39 heavy (non-hydrogen) atoms. The van der Waals surface area contributed by atoms with E-state index in [2.05, 4.69) is 35.1 Å². The number of phenolic OH excluding ortho intramolecular Hbond substituents is 1. The molecule has 5 atom stereocenters. The Morgan fingerprint density at radius 2 is 2.05 bits per heavy atom. The number of aromatic amines is 1. The molecule has 1 saturated heterocycles. The van der Waals surface area contributed by atoms with Crippen LogP contribution in [0.25, 0.3) is 10.9 Å². The number of rotatable bonds is 5. The summed E-state index contributed by atoms with van der Waals surface area (Å²) in [6, 6.07) is 9.39. The summed E-state index contributed by atoms with van der Waals surface area (Å²) >= 11 is 0. The summed E-state index contributed by atoms with van der Waals surface area (Å²) < 4.78 is 6.62. The van der Waals surface area contributed by atoms with E-state index < -0.39 is 17.1 Å². The maximum atomic E-state index is 13.8. The van der Waals surface area contributed by atoms with Crippen LogP contribution < -0.4 is 10.1 Å². The number of ether oxygens (including phenoxy) is 1. The van der Waals surface area contributed by atoms with E-state index in [-0.39, 0.29) is 23.7 Å². The molecule has 3 heterocycles. The SMILES string of the molecule is CC(C)c1c[nH]c2c(C(=O)N[C@@H]3CC[C@@]4(O)[C@H]5Cc6ccc(O)c7c6[C@@]4(CCN5CC4CC4)[C@H]3O7)cccc12. The van der Waals surface area contributed by atoms with Crippen molar-refractivity contribution in [3.63, 3.8) is 0 Å². The number of para-hydroxylation sites is 1. The monoisotopic (exact) mass is 527 g/mol. The number of aromatic hydroxyl groups is 1. The zero-order valence-electron chi connectivity index (χ0n) is 22.7. The lowest BCUT2D eigenvalue weighted by atomic mass is 9.48. The maximum absolute atomic E-state index is 13.8. The number of aromatic nitrogens is 1. The van der Waals surface area contributed by atoms with Gasteiger partial charge in [0.25, 0.3) is 5.91 Å².